The molecule has 0 saturated carbocycles. The summed E-state index contributed by atoms with van der Waals surface area (Å²) in [5, 5.41) is 0. The Hall–Kier alpha value is -6.00. The molecule has 0 saturated heterocycles. The molecule has 0 aliphatic carbocycles. The topological polar surface area (TPSA) is 9.72 Å². The van der Waals surface area contributed by atoms with E-state index in [1.54, 1.807) is 0 Å². The highest BCUT2D eigenvalue weighted by Crippen LogP contribution is 2.47. The second kappa shape index (κ2) is 12.5. The summed E-state index contributed by atoms with van der Waals surface area (Å²) in [6.07, 6.45) is 1.06. The van der Waals surface area contributed by atoms with Crippen molar-refractivity contribution in [2.45, 2.75) is 20.3 Å². The smallest absolute Gasteiger partial charge is 0.252 e. The summed E-state index contributed by atoms with van der Waals surface area (Å²) in [5.74, 6) is 0.603. The van der Waals surface area contributed by atoms with Crippen molar-refractivity contribution in [3.05, 3.63) is 181 Å². The van der Waals surface area contributed by atoms with E-state index in [1.807, 2.05) is 0 Å². The van der Waals surface area contributed by atoms with Crippen LogP contribution in [0.3, 0.4) is 0 Å². The highest BCUT2D eigenvalue weighted by molar-refractivity contribution is 7.00. The van der Waals surface area contributed by atoms with Gasteiger partial charge in [-0.1, -0.05) is 117 Å². The normalized spacial score (nSPS) is 12.7. The first-order chi connectivity index (χ1) is 24.7. The lowest BCUT2D eigenvalue weighted by Gasteiger charge is -2.45. The standard InChI is InChI=1S/C46H38BN3/c1-33(2)30-34-26-28-38(29-27-34)48(35-16-6-3-7-17-35)39-31-44-46-45(32-39)50(37-20-10-5-11-21-37)43-25-15-13-23-41(43)47(46)40-22-12-14-24-42(40)49(44)36-18-8-4-9-19-36/h3-29,31-33H,30H2,1-2H3. The number of fused-ring (bicyclic) bond motifs is 4. The average molecular weight is 644 g/mol. The van der Waals surface area contributed by atoms with Gasteiger partial charge in [-0.25, -0.2) is 0 Å². The fourth-order valence-electron chi connectivity index (χ4n) is 8.00. The third-order valence-corrected chi connectivity index (χ3v) is 10.0. The van der Waals surface area contributed by atoms with Crippen LogP contribution < -0.4 is 31.1 Å². The van der Waals surface area contributed by atoms with E-state index in [0.29, 0.717) is 5.92 Å². The van der Waals surface area contributed by atoms with Crippen LogP contribution in [0.5, 0.6) is 0 Å². The fourth-order valence-corrected chi connectivity index (χ4v) is 8.00. The highest BCUT2D eigenvalue weighted by Gasteiger charge is 2.43. The van der Waals surface area contributed by atoms with Gasteiger partial charge in [0.05, 0.1) is 5.69 Å². The van der Waals surface area contributed by atoms with Crippen LogP contribution in [0.15, 0.2) is 176 Å². The zero-order chi connectivity index (χ0) is 33.6. The quantitative estimate of drug-likeness (QED) is 0.160. The van der Waals surface area contributed by atoms with E-state index >= 15 is 0 Å². The molecular weight excluding hydrogens is 605 g/mol. The third kappa shape index (κ3) is 5.07. The molecule has 2 aliphatic heterocycles. The highest BCUT2D eigenvalue weighted by atomic mass is 15.2. The molecule has 7 aromatic rings. The summed E-state index contributed by atoms with van der Waals surface area (Å²) < 4.78 is 0. The zero-order valence-electron chi connectivity index (χ0n) is 28.4. The maximum Gasteiger partial charge on any atom is 0.252 e. The monoisotopic (exact) mass is 643 g/mol. The Morgan fingerprint density at radius 2 is 0.900 bits per heavy atom. The predicted molar refractivity (Wildman–Crippen MR) is 214 cm³/mol. The minimum Gasteiger partial charge on any atom is -0.311 e. The van der Waals surface area contributed by atoms with Crippen LogP contribution in [0.4, 0.5) is 51.2 Å². The zero-order valence-corrected chi connectivity index (χ0v) is 28.4. The molecule has 0 spiro atoms. The van der Waals surface area contributed by atoms with E-state index in [2.05, 4.69) is 204 Å². The van der Waals surface area contributed by atoms with Gasteiger partial charge in [-0.15, -0.1) is 0 Å². The van der Waals surface area contributed by atoms with Gasteiger partial charge in [0.15, 0.2) is 0 Å². The molecule has 0 unspecified atom stereocenters. The predicted octanol–water partition coefficient (Wildman–Crippen LogP) is 10.4. The SMILES string of the molecule is CC(C)Cc1ccc(N(c2ccccc2)c2cc3c4c(c2)N(c2ccccc2)c2ccccc2B4c2ccccc2N3c2ccccc2)cc1. The number of nitrogens with zero attached hydrogens (tertiary/aromatic N) is 3. The van der Waals surface area contributed by atoms with Crippen LogP contribution in [-0.2, 0) is 6.42 Å². The average Bonchev–Trinajstić information content (AvgIpc) is 3.16. The van der Waals surface area contributed by atoms with Gasteiger partial charge in [0.1, 0.15) is 0 Å². The van der Waals surface area contributed by atoms with Crippen LogP contribution in [0, 0.1) is 5.92 Å². The van der Waals surface area contributed by atoms with Crippen molar-refractivity contribution in [3.63, 3.8) is 0 Å². The molecule has 0 amide bonds. The molecule has 2 heterocycles. The molecule has 2 aliphatic rings. The maximum absolute atomic E-state index is 2.47. The van der Waals surface area contributed by atoms with Gasteiger partial charge in [0.2, 0.25) is 0 Å². The van der Waals surface area contributed by atoms with Crippen molar-refractivity contribution < 1.29 is 0 Å². The number of rotatable bonds is 7. The van der Waals surface area contributed by atoms with Crippen molar-refractivity contribution in [3.8, 4) is 0 Å². The summed E-state index contributed by atoms with van der Waals surface area (Å²) in [6.45, 7) is 4.65. The lowest BCUT2D eigenvalue weighted by Crippen LogP contribution is -2.61. The number of hydrogen-bond acceptors (Lipinski definition) is 3. The first-order valence-electron chi connectivity index (χ1n) is 17.7. The molecule has 0 atom stereocenters. The van der Waals surface area contributed by atoms with Crippen LogP contribution in [0.25, 0.3) is 0 Å². The summed E-state index contributed by atoms with van der Waals surface area (Å²) in [6, 6.07) is 64.4. The van der Waals surface area contributed by atoms with E-state index in [-0.39, 0.29) is 6.71 Å². The van der Waals surface area contributed by atoms with E-state index in [9.17, 15) is 0 Å². The third-order valence-electron chi connectivity index (χ3n) is 10.0. The van der Waals surface area contributed by atoms with Gasteiger partial charge in [0, 0.05) is 45.5 Å². The number of para-hydroxylation sites is 5. The summed E-state index contributed by atoms with van der Waals surface area (Å²) in [7, 11) is 0. The van der Waals surface area contributed by atoms with Crippen molar-refractivity contribution in [1.82, 2.24) is 0 Å². The Morgan fingerprint density at radius 1 is 0.460 bits per heavy atom. The van der Waals surface area contributed by atoms with Crippen LogP contribution in [0.1, 0.15) is 19.4 Å². The Kier molecular flexibility index (Phi) is 7.51. The molecule has 0 N–H and O–H groups in total. The Morgan fingerprint density at radius 3 is 1.40 bits per heavy atom. The molecule has 0 bridgehead atoms. The molecule has 9 rings (SSSR count). The number of anilines is 9. The summed E-state index contributed by atoms with van der Waals surface area (Å²) >= 11 is 0. The minimum absolute atomic E-state index is 0.0851. The van der Waals surface area contributed by atoms with Gasteiger partial charge in [-0.3, -0.25) is 0 Å². The molecular formula is C46H38BN3. The number of hydrogen-bond donors (Lipinski definition) is 0. The van der Waals surface area contributed by atoms with E-state index in [1.165, 1.54) is 44.7 Å². The summed E-state index contributed by atoms with van der Waals surface area (Å²) in [4.78, 5) is 7.36. The van der Waals surface area contributed by atoms with Gasteiger partial charge in [-0.05, 0) is 107 Å². The molecule has 0 radical (unpaired) electrons. The van der Waals surface area contributed by atoms with Crippen molar-refractivity contribution >= 4 is 74.3 Å². The van der Waals surface area contributed by atoms with E-state index in [4.69, 9.17) is 0 Å². The molecule has 0 aromatic heterocycles. The van der Waals surface area contributed by atoms with E-state index < -0.39 is 0 Å². The Balaban J connectivity index is 1.36. The van der Waals surface area contributed by atoms with Gasteiger partial charge in [-0.2, -0.15) is 0 Å². The van der Waals surface area contributed by atoms with Gasteiger partial charge in [0.25, 0.3) is 6.71 Å². The lowest BCUT2D eigenvalue weighted by molar-refractivity contribution is 0.647. The first kappa shape index (κ1) is 30.1. The van der Waals surface area contributed by atoms with Crippen LogP contribution in [-0.4, -0.2) is 6.71 Å². The van der Waals surface area contributed by atoms with Gasteiger partial charge < -0.3 is 14.7 Å². The van der Waals surface area contributed by atoms with E-state index in [0.717, 1.165) is 34.9 Å². The molecule has 0 fully saturated rings. The molecule has 3 nitrogen and oxygen atoms in total. The fraction of sp³-hybridized carbons (Fsp3) is 0.0870. The maximum atomic E-state index is 2.47. The van der Waals surface area contributed by atoms with Crippen molar-refractivity contribution in [2.24, 2.45) is 5.92 Å². The second-order valence-corrected chi connectivity index (χ2v) is 13.7. The molecule has 240 valence electrons. The van der Waals surface area contributed by atoms with Crippen molar-refractivity contribution in [1.29, 1.82) is 0 Å². The molecule has 50 heavy (non-hydrogen) atoms. The lowest BCUT2D eigenvalue weighted by atomic mass is 9.33. The Bertz CT molecular complexity index is 2170. The number of benzene rings is 7. The molecule has 4 heteroatoms. The minimum atomic E-state index is 0.0851. The van der Waals surface area contributed by atoms with Gasteiger partial charge >= 0.3 is 0 Å². The summed E-state index contributed by atoms with van der Waals surface area (Å²) in [5.41, 5.74) is 15.8. The van der Waals surface area contributed by atoms with Crippen molar-refractivity contribution in [2.75, 3.05) is 14.7 Å². The molecule has 7 aromatic carbocycles. The van der Waals surface area contributed by atoms with Crippen LogP contribution in [0.2, 0.25) is 0 Å². The Labute approximate surface area is 295 Å². The second-order valence-electron chi connectivity index (χ2n) is 13.7. The first-order valence-corrected chi connectivity index (χ1v) is 17.7. The van der Waals surface area contributed by atoms with Crippen LogP contribution >= 0.6 is 0 Å². The largest absolute Gasteiger partial charge is 0.311 e.